The Morgan fingerprint density at radius 1 is 1.19 bits per heavy atom. The Morgan fingerprint density at radius 3 is 2.70 bits per heavy atom. The topological polar surface area (TPSA) is 98.1 Å². The smallest absolute Gasteiger partial charge is 0.268 e. The first-order valence-electron chi connectivity index (χ1n) is 7.80. The average molecular weight is 420 g/mol. The van der Waals surface area contributed by atoms with E-state index in [1.807, 2.05) is 12.1 Å². The number of nitrogens with one attached hydrogen (secondary N) is 1. The van der Waals surface area contributed by atoms with E-state index in [9.17, 15) is 18.0 Å². The first-order chi connectivity index (χ1) is 12.8. The molecule has 7 nitrogen and oxygen atoms in total. The number of carbonyl (C=O) groups is 1. The Hall–Kier alpha value is -2.56. The average Bonchev–Trinajstić information content (AvgIpc) is 3.14. The fourth-order valence-electron chi connectivity index (χ4n) is 2.60. The molecule has 27 heavy (non-hydrogen) atoms. The lowest BCUT2D eigenvalue weighted by atomic mass is 10.3. The zero-order valence-electron chi connectivity index (χ0n) is 14.0. The largest absolute Gasteiger partial charge is 0.300 e. The van der Waals surface area contributed by atoms with Crippen LogP contribution in [0.25, 0.3) is 20.3 Å². The standard InChI is InChI=1S/C17H13N3O4S3/c1-27(23,24)10-6-7-12-14(8-10)25-17(18-12)19-15(21)9-20-16(22)11-4-2-3-5-13(11)26-20/h2-8H,9H2,1H3,(H,18,19,21). The van der Waals surface area contributed by atoms with E-state index in [-0.39, 0.29) is 22.9 Å². The van der Waals surface area contributed by atoms with E-state index in [1.165, 1.54) is 39.0 Å². The highest BCUT2D eigenvalue weighted by Gasteiger charge is 2.14. The summed E-state index contributed by atoms with van der Waals surface area (Å²) in [7, 11) is -3.31. The van der Waals surface area contributed by atoms with Crippen molar-refractivity contribution in [1.29, 1.82) is 0 Å². The number of fused-ring (bicyclic) bond motifs is 2. The van der Waals surface area contributed by atoms with Crippen LogP contribution in [0, 0.1) is 0 Å². The SMILES string of the molecule is CS(=O)(=O)c1ccc2nc(NC(=O)Cn3sc4ccccc4c3=O)sc2c1. The van der Waals surface area contributed by atoms with E-state index in [4.69, 9.17) is 0 Å². The minimum Gasteiger partial charge on any atom is -0.300 e. The number of amides is 1. The minimum atomic E-state index is -3.31. The maximum Gasteiger partial charge on any atom is 0.268 e. The summed E-state index contributed by atoms with van der Waals surface area (Å²) < 4.78 is 26.2. The maximum atomic E-state index is 12.3. The van der Waals surface area contributed by atoms with Crippen LogP contribution in [0.2, 0.25) is 0 Å². The highest BCUT2D eigenvalue weighted by Crippen LogP contribution is 2.28. The van der Waals surface area contributed by atoms with Crippen molar-refractivity contribution in [3.8, 4) is 0 Å². The molecule has 0 fully saturated rings. The predicted molar refractivity (Wildman–Crippen MR) is 107 cm³/mol. The lowest BCUT2D eigenvalue weighted by Gasteiger charge is -2.00. The number of aromatic nitrogens is 2. The van der Waals surface area contributed by atoms with Gasteiger partial charge in [0, 0.05) is 6.26 Å². The Bertz CT molecular complexity index is 1350. The Balaban J connectivity index is 1.57. The first-order valence-corrected chi connectivity index (χ1v) is 11.3. The van der Waals surface area contributed by atoms with Crippen molar-refractivity contribution in [3.05, 3.63) is 52.8 Å². The number of anilines is 1. The molecule has 0 aliphatic carbocycles. The quantitative estimate of drug-likeness (QED) is 0.548. The zero-order chi connectivity index (χ0) is 19.2. The maximum absolute atomic E-state index is 12.3. The third-order valence-corrected chi connectivity index (χ3v) is 6.99. The number of nitrogens with zero attached hydrogens (tertiary/aromatic N) is 2. The normalized spacial score (nSPS) is 11.9. The minimum absolute atomic E-state index is 0.108. The van der Waals surface area contributed by atoms with E-state index in [1.54, 1.807) is 18.2 Å². The second kappa shape index (κ2) is 6.55. The van der Waals surface area contributed by atoms with Crippen LogP contribution in [0.1, 0.15) is 0 Å². The molecular weight excluding hydrogens is 406 g/mol. The van der Waals surface area contributed by atoms with E-state index in [0.29, 0.717) is 20.7 Å². The molecule has 1 amide bonds. The van der Waals surface area contributed by atoms with E-state index < -0.39 is 9.84 Å². The molecule has 0 saturated carbocycles. The Morgan fingerprint density at radius 2 is 1.96 bits per heavy atom. The summed E-state index contributed by atoms with van der Waals surface area (Å²) in [6, 6.07) is 11.8. The highest BCUT2D eigenvalue weighted by atomic mass is 32.2. The van der Waals surface area contributed by atoms with Crippen LogP contribution >= 0.6 is 22.9 Å². The summed E-state index contributed by atoms with van der Waals surface area (Å²) in [5.41, 5.74) is 0.398. The molecule has 138 valence electrons. The van der Waals surface area contributed by atoms with Crippen molar-refractivity contribution in [2.45, 2.75) is 11.4 Å². The Kier molecular flexibility index (Phi) is 4.33. The van der Waals surface area contributed by atoms with Crippen LogP contribution in [0.4, 0.5) is 5.13 Å². The third kappa shape index (κ3) is 3.51. The van der Waals surface area contributed by atoms with Gasteiger partial charge in [-0.25, -0.2) is 13.4 Å². The molecule has 0 unspecified atom stereocenters. The van der Waals surface area contributed by atoms with Gasteiger partial charge in [0.15, 0.2) is 15.0 Å². The number of benzene rings is 2. The second-order valence-electron chi connectivity index (χ2n) is 5.90. The summed E-state index contributed by atoms with van der Waals surface area (Å²) in [6.07, 6.45) is 1.14. The van der Waals surface area contributed by atoms with Crippen molar-refractivity contribution >= 4 is 64.0 Å². The highest BCUT2D eigenvalue weighted by molar-refractivity contribution is 7.90. The molecule has 2 aromatic carbocycles. The van der Waals surface area contributed by atoms with Crippen LogP contribution in [0.3, 0.4) is 0 Å². The molecule has 0 aliphatic heterocycles. The van der Waals surface area contributed by atoms with Crippen molar-refractivity contribution in [1.82, 2.24) is 8.94 Å². The van der Waals surface area contributed by atoms with Crippen molar-refractivity contribution < 1.29 is 13.2 Å². The van der Waals surface area contributed by atoms with E-state index in [0.717, 1.165) is 11.0 Å². The van der Waals surface area contributed by atoms with E-state index in [2.05, 4.69) is 10.3 Å². The van der Waals surface area contributed by atoms with Gasteiger partial charge in [0.25, 0.3) is 5.56 Å². The van der Waals surface area contributed by atoms with Crippen molar-refractivity contribution in [2.75, 3.05) is 11.6 Å². The summed E-state index contributed by atoms with van der Waals surface area (Å²) in [4.78, 5) is 29.1. The number of carbonyl (C=O) groups excluding carboxylic acids is 1. The second-order valence-corrected chi connectivity index (χ2v) is 10.0. The number of hydrogen-bond acceptors (Lipinski definition) is 7. The van der Waals surface area contributed by atoms with Crippen LogP contribution in [-0.4, -0.2) is 29.5 Å². The van der Waals surface area contributed by atoms with Crippen molar-refractivity contribution in [3.63, 3.8) is 0 Å². The Labute approximate surface area is 162 Å². The summed E-state index contributed by atoms with van der Waals surface area (Å²) in [5, 5.41) is 3.62. The molecule has 1 N–H and O–H groups in total. The van der Waals surface area contributed by atoms with Gasteiger partial charge in [-0.1, -0.05) is 35.0 Å². The number of sulfone groups is 1. The van der Waals surface area contributed by atoms with Gasteiger partial charge in [-0.05, 0) is 30.3 Å². The molecule has 0 spiro atoms. The van der Waals surface area contributed by atoms with Crippen molar-refractivity contribution in [2.24, 2.45) is 0 Å². The number of rotatable bonds is 4. The molecule has 0 radical (unpaired) electrons. The molecule has 10 heteroatoms. The van der Waals surface area contributed by atoms with Gasteiger partial charge < -0.3 is 5.32 Å². The number of hydrogen-bond donors (Lipinski definition) is 1. The summed E-state index contributed by atoms with van der Waals surface area (Å²) in [6.45, 7) is -0.108. The third-order valence-electron chi connectivity index (χ3n) is 3.87. The van der Waals surface area contributed by atoms with Crippen LogP contribution in [0.5, 0.6) is 0 Å². The van der Waals surface area contributed by atoms with Gasteiger partial charge >= 0.3 is 0 Å². The lowest BCUT2D eigenvalue weighted by molar-refractivity contribution is -0.116. The molecule has 2 aromatic heterocycles. The first kappa shape index (κ1) is 17.8. The molecule has 2 heterocycles. The molecule has 0 aliphatic rings. The lowest BCUT2D eigenvalue weighted by Crippen LogP contribution is -2.23. The monoisotopic (exact) mass is 419 g/mol. The number of thiazole rings is 1. The van der Waals surface area contributed by atoms with Crippen LogP contribution in [0.15, 0.2) is 52.2 Å². The molecule has 0 saturated heterocycles. The van der Waals surface area contributed by atoms with Gasteiger partial charge in [0.05, 0.1) is 25.2 Å². The van der Waals surface area contributed by atoms with Gasteiger partial charge in [-0.15, -0.1) is 0 Å². The molecule has 4 rings (SSSR count). The zero-order valence-corrected chi connectivity index (χ0v) is 16.5. The summed E-state index contributed by atoms with van der Waals surface area (Å²) >= 11 is 2.42. The van der Waals surface area contributed by atoms with Gasteiger partial charge in [0.1, 0.15) is 6.54 Å². The van der Waals surface area contributed by atoms with Crippen LogP contribution < -0.4 is 10.9 Å². The van der Waals surface area contributed by atoms with Gasteiger partial charge in [-0.2, -0.15) is 0 Å². The molecular formula is C17H13N3O4S3. The molecule has 0 atom stereocenters. The molecule has 0 bridgehead atoms. The predicted octanol–water partition coefficient (Wildman–Crippen LogP) is 2.71. The van der Waals surface area contributed by atoms with E-state index >= 15 is 0 Å². The fourth-order valence-corrected chi connectivity index (χ4v) is 5.24. The van der Waals surface area contributed by atoms with Gasteiger partial charge in [-0.3, -0.25) is 13.5 Å². The fraction of sp³-hybridized carbons (Fsp3) is 0.118. The summed E-state index contributed by atoms with van der Waals surface area (Å²) in [5.74, 6) is -0.369. The van der Waals surface area contributed by atoms with Crippen LogP contribution in [-0.2, 0) is 21.2 Å². The van der Waals surface area contributed by atoms with Gasteiger partial charge in [0.2, 0.25) is 5.91 Å². The molecule has 4 aromatic rings.